The largest absolute Gasteiger partial charge is 0.454 e. The maximum Gasteiger partial charge on any atom is 0.243 e. The van der Waals surface area contributed by atoms with Gasteiger partial charge in [0.1, 0.15) is 5.01 Å². The molecule has 29 heavy (non-hydrogen) atoms. The summed E-state index contributed by atoms with van der Waals surface area (Å²) in [6.45, 7) is 1.46. The number of benzene rings is 2. The maximum atomic E-state index is 12.9. The second-order valence-electron chi connectivity index (χ2n) is 7.09. The minimum Gasteiger partial charge on any atom is -0.454 e. The van der Waals surface area contributed by atoms with E-state index in [9.17, 15) is 8.42 Å². The van der Waals surface area contributed by atoms with Gasteiger partial charge >= 0.3 is 0 Å². The first-order valence-corrected chi connectivity index (χ1v) is 11.8. The average molecular weight is 429 g/mol. The molecule has 3 aromatic rings. The number of ether oxygens (including phenoxy) is 2. The van der Waals surface area contributed by atoms with Gasteiger partial charge in [0.05, 0.1) is 15.1 Å². The Morgan fingerprint density at radius 1 is 0.966 bits per heavy atom. The minimum absolute atomic E-state index is 0.253. The highest BCUT2D eigenvalue weighted by Gasteiger charge is 2.26. The minimum atomic E-state index is -3.44. The van der Waals surface area contributed by atoms with Gasteiger partial charge in [0, 0.05) is 13.1 Å². The summed E-state index contributed by atoms with van der Waals surface area (Å²) < 4.78 is 39.0. The normalized spacial score (nSPS) is 17.4. The van der Waals surface area contributed by atoms with Gasteiger partial charge in [0.2, 0.25) is 16.8 Å². The van der Waals surface area contributed by atoms with Crippen LogP contribution in [-0.4, -0.2) is 37.6 Å². The standard InChI is InChI=1S/C21H20N2O4S2/c24-29(25,23-10-2-1-3-11-23)16-6-7-17-20(13-16)28-21(22-17)9-5-15-4-8-18-19(12-15)27-14-26-18/h4-9,12-13H,1-3,10-11,14H2. The number of hydrogen-bond donors (Lipinski definition) is 0. The lowest BCUT2D eigenvalue weighted by Crippen LogP contribution is -2.35. The lowest BCUT2D eigenvalue weighted by Gasteiger charge is -2.25. The van der Waals surface area contributed by atoms with Crippen LogP contribution in [0.2, 0.25) is 0 Å². The summed E-state index contributed by atoms with van der Waals surface area (Å²) in [5, 5.41) is 0.824. The van der Waals surface area contributed by atoms with E-state index >= 15 is 0 Å². The average Bonchev–Trinajstić information content (AvgIpc) is 3.38. The lowest BCUT2D eigenvalue weighted by molar-refractivity contribution is 0.174. The molecular formula is C21H20N2O4S2. The molecule has 1 aromatic heterocycles. The highest BCUT2D eigenvalue weighted by molar-refractivity contribution is 7.89. The molecule has 0 radical (unpaired) electrons. The summed E-state index contributed by atoms with van der Waals surface area (Å²) in [7, 11) is -3.44. The van der Waals surface area contributed by atoms with Crippen molar-refractivity contribution < 1.29 is 17.9 Å². The third-order valence-electron chi connectivity index (χ3n) is 5.14. The molecule has 150 valence electrons. The zero-order chi connectivity index (χ0) is 19.8. The van der Waals surface area contributed by atoms with Gasteiger partial charge in [-0.2, -0.15) is 4.31 Å². The van der Waals surface area contributed by atoms with Crippen molar-refractivity contribution in [3.8, 4) is 11.5 Å². The molecule has 0 N–H and O–H groups in total. The number of aromatic nitrogens is 1. The van der Waals surface area contributed by atoms with E-state index in [1.165, 1.54) is 11.3 Å². The Morgan fingerprint density at radius 3 is 2.66 bits per heavy atom. The van der Waals surface area contributed by atoms with Crippen molar-refractivity contribution in [2.45, 2.75) is 24.2 Å². The first kappa shape index (κ1) is 18.6. The maximum absolute atomic E-state index is 12.9. The van der Waals surface area contributed by atoms with E-state index < -0.39 is 10.0 Å². The fourth-order valence-electron chi connectivity index (χ4n) is 3.59. The highest BCUT2D eigenvalue weighted by Crippen LogP contribution is 2.33. The Kier molecular flexibility index (Phi) is 4.77. The van der Waals surface area contributed by atoms with Crippen molar-refractivity contribution in [2.75, 3.05) is 19.9 Å². The van der Waals surface area contributed by atoms with Gasteiger partial charge in [-0.3, -0.25) is 0 Å². The molecule has 1 saturated heterocycles. The fraction of sp³-hybridized carbons (Fsp3) is 0.286. The number of piperidine rings is 1. The van der Waals surface area contributed by atoms with E-state index in [0.29, 0.717) is 18.0 Å². The molecule has 5 rings (SSSR count). The van der Waals surface area contributed by atoms with Gasteiger partial charge in [-0.05, 0) is 54.8 Å². The van der Waals surface area contributed by atoms with Crippen LogP contribution in [-0.2, 0) is 10.0 Å². The van der Waals surface area contributed by atoms with E-state index in [1.807, 2.05) is 30.4 Å². The predicted octanol–water partition coefficient (Wildman–Crippen LogP) is 4.37. The van der Waals surface area contributed by atoms with Crippen LogP contribution >= 0.6 is 11.3 Å². The van der Waals surface area contributed by atoms with Crippen molar-refractivity contribution in [3.05, 3.63) is 47.0 Å². The van der Waals surface area contributed by atoms with Gasteiger partial charge in [-0.1, -0.05) is 18.6 Å². The van der Waals surface area contributed by atoms with Crippen LogP contribution in [0.15, 0.2) is 41.3 Å². The molecular weight excluding hydrogens is 408 g/mol. The molecule has 3 heterocycles. The van der Waals surface area contributed by atoms with E-state index in [0.717, 1.165) is 51.5 Å². The van der Waals surface area contributed by atoms with E-state index in [4.69, 9.17) is 9.47 Å². The van der Waals surface area contributed by atoms with Gasteiger partial charge in [-0.25, -0.2) is 13.4 Å². The van der Waals surface area contributed by atoms with Crippen LogP contribution < -0.4 is 9.47 Å². The van der Waals surface area contributed by atoms with Crippen LogP contribution in [0.25, 0.3) is 22.4 Å². The molecule has 0 unspecified atom stereocenters. The SMILES string of the molecule is O=S(=O)(c1ccc2nc(C=Cc3ccc4c(c3)OCO4)sc2c1)N1CCCCC1. The number of nitrogens with zero attached hydrogens (tertiary/aromatic N) is 2. The predicted molar refractivity (Wildman–Crippen MR) is 114 cm³/mol. The van der Waals surface area contributed by atoms with Crippen LogP contribution in [0.3, 0.4) is 0 Å². The van der Waals surface area contributed by atoms with Crippen molar-refractivity contribution in [1.29, 1.82) is 0 Å². The third-order valence-corrected chi connectivity index (χ3v) is 8.02. The number of rotatable bonds is 4. The van der Waals surface area contributed by atoms with E-state index in [1.54, 1.807) is 22.5 Å². The fourth-order valence-corrected chi connectivity index (χ4v) is 6.12. The van der Waals surface area contributed by atoms with Gasteiger partial charge < -0.3 is 9.47 Å². The molecule has 0 bridgehead atoms. The smallest absolute Gasteiger partial charge is 0.243 e. The Morgan fingerprint density at radius 2 is 1.79 bits per heavy atom. The van der Waals surface area contributed by atoms with Crippen LogP contribution in [0.4, 0.5) is 0 Å². The Hall–Kier alpha value is -2.42. The molecule has 0 amide bonds. The highest BCUT2D eigenvalue weighted by atomic mass is 32.2. The molecule has 0 aliphatic carbocycles. The first-order chi connectivity index (χ1) is 14.1. The van der Waals surface area contributed by atoms with Crippen LogP contribution in [0, 0.1) is 0 Å². The topological polar surface area (TPSA) is 68.7 Å². The molecule has 2 aromatic carbocycles. The lowest BCUT2D eigenvalue weighted by atomic mass is 10.2. The zero-order valence-electron chi connectivity index (χ0n) is 15.7. The van der Waals surface area contributed by atoms with Gasteiger partial charge in [-0.15, -0.1) is 11.3 Å². The van der Waals surface area contributed by atoms with Gasteiger partial charge in [0.15, 0.2) is 11.5 Å². The van der Waals surface area contributed by atoms with Crippen molar-refractivity contribution >= 4 is 43.7 Å². The molecule has 0 atom stereocenters. The summed E-state index contributed by atoms with van der Waals surface area (Å²) in [5.74, 6) is 1.49. The number of fused-ring (bicyclic) bond motifs is 2. The Bertz CT molecular complexity index is 1190. The number of sulfonamides is 1. The Labute approximate surface area is 173 Å². The summed E-state index contributed by atoms with van der Waals surface area (Å²) in [5.41, 5.74) is 1.79. The van der Waals surface area contributed by atoms with Crippen LogP contribution in [0.5, 0.6) is 11.5 Å². The quantitative estimate of drug-likeness (QED) is 0.617. The van der Waals surface area contributed by atoms with Crippen LogP contribution in [0.1, 0.15) is 29.8 Å². The molecule has 0 saturated carbocycles. The molecule has 0 spiro atoms. The Balaban J connectivity index is 1.40. The summed E-state index contributed by atoms with van der Waals surface area (Å²) in [6.07, 6.45) is 6.85. The molecule has 8 heteroatoms. The summed E-state index contributed by atoms with van der Waals surface area (Å²) >= 11 is 1.48. The summed E-state index contributed by atoms with van der Waals surface area (Å²) in [6, 6.07) is 11.0. The van der Waals surface area contributed by atoms with Crippen molar-refractivity contribution in [1.82, 2.24) is 9.29 Å². The molecule has 6 nitrogen and oxygen atoms in total. The number of hydrogen-bond acceptors (Lipinski definition) is 6. The molecule has 2 aliphatic rings. The van der Waals surface area contributed by atoms with E-state index in [-0.39, 0.29) is 6.79 Å². The summed E-state index contributed by atoms with van der Waals surface area (Å²) in [4.78, 5) is 4.95. The first-order valence-electron chi connectivity index (χ1n) is 9.58. The van der Waals surface area contributed by atoms with Crippen molar-refractivity contribution in [2.24, 2.45) is 0 Å². The zero-order valence-corrected chi connectivity index (χ0v) is 17.3. The second kappa shape index (κ2) is 7.44. The monoisotopic (exact) mass is 428 g/mol. The molecule has 2 aliphatic heterocycles. The second-order valence-corrected chi connectivity index (χ2v) is 10.1. The number of thiazole rings is 1. The third kappa shape index (κ3) is 3.63. The molecule has 1 fully saturated rings. The van der Waals surface area contributed by atoms with E-state index in [2.05, 4.69) is 4.98 Å². The van der Waals surface area contributed by atoms with Gasteiger partial charge in [0.25, 0.3) is 0 Å². The van der Waals surface area contributed by atoms with Crippen molar-refractivity contribution in [3.63, 3.8) is 0 Å².